The van der Waals surface area contributed by atoms with Crippen LogP contribution in [0.4, 0.5) is 0 Å². The molecule has 5 heteroatoms. The summed E-state index contributed by atoms with van der Waals surface area (Å²) in [5.74, 6) is 0.548. The lowest BCUT2D eigenvalue weighted by Crippen LogP contribution is -2.36. The molecule has 0 heterocycles. The maximum Gasteiger partial charge on any atom is 0.258 e. The molecular weight excluding hydrogens is 288 g/mol. The van der Waals surface area contributed by atoms with E-state index in [0.29, 0.717) is 17.3 Å². The van der Waals surface area contributed by atoms with E-state index in [-0.39, 0.29) is 18.6 Å². The lowest BCUT2D eigenvalue weighted by molar-refractivity contribution is -0.123. The number of halogens is 1. The molecule has 1 amide bonds. The third-order valence-electron chi connectivity index (χ3n) is 3.12. The van der Waals surface area contributed by atoms with Crippen LogP contribution in [-0.4, -0.2) is 25.1 Å². The zero-order valence-corrected chi connectivity index (χ0v) is 13.8. The first-order valence-corrected chi connectivity index (χ1v) is 7.86. The van der Waals surface area contributed by atoms with Crippen molar-refractivity contribution < 1.29 is 9.53 Å². The molecule has 0 aliphatic heterocycles. The van der Waals surface area contributed by atoms with Gasteiger partial charge >= 0.3 is 0 Å². The number of benzene rings is 1. The molecule has 0 aliphatic carbocycles. The maximum absolute atomic E-state index is 11.8. The Morgan fingerprint density at radius 3 is 2.81 bits per heavy atom. The minimum atomic E-state index is -0.106. The van der Waals surface area contributed by atoms with Crippen LogP contribution in [0.5, 0.6) is 5.75 Å². The van der Waals surface area contributed by atoms with E-state index in [1.165, 1.54) is 0 Å². The van der Waals surface area contributed by atoms with E-state index in [4.69, 9.17) is 16.3 Å². The van der Waals surface area contributed by atoms with Crippen LogP contribution in [0.3, 0.4) is 0 Å². The maximum atomic E-state index is 11.8. The van der Waals surface area contributed by atoms with Gasteiger partial charge in [0, 0.05) is 23.2 Å². The number of rotatable bonds is 9. The lowest BCUT2D eigenvalue weighted by atomic mass is 10.2. The van der Waals surface area contributed by atoms with Crippen LogP contribution < -0.4 is 15.4 Å². The van der Waals surface area contributed by atoms with Gasteiger partial charge in [-0.2, -0.15) is 0 Å². The van der Waals surface area contributed by atoms with Crippen molar-refractivity contribution in [1.82, 2.24) is 10.6 Å². The molecule has 0 saturated carbocycles. The largest absolute Gasteiger partial charge is 0.483 e. The highest BCUT2D eigenvalue weighted by atomic mass is 35.5. The molecule has 0 fully saturated rings. The van der Waals surface area contributed by atoms with Crippen LogP contribution in [0, 0.1) is 0 Å². The van der Waals surface area contributed by atoms with Crippen molar-refractivity contribution >= 4 is 17.5 Å². The highest BCUT2D eigenvalue weighted by molar-refractivity contribution is 6.31. The predicted molar refractivity (Wildman–Crippen MR) is 86.8 cm³/mol. The second-order valence-corrected chi connectivity index (χ2v) is 5.45. The molecule has 1 rings (SSSR count). The van der Waals surface area contributed by atoms with E-state index in [9.17, 15) is 4.79 Å². The highest BCUT2D eigenvalue weighted by Crippen LogP contribution is 2.26. The summed E-state index contributed by atoms with van der Waals surface area (Å²) in [6, 6.07) is 5.66. The number of hydrogen-bond acceptors (Lipinski definition) is 3. The molecular formula is C16H25ClN2O2. The standard InChI is InChI=1S/C16H25ClN2O2/c1-4-7-12(3)19-16(20)11-21-15-9-6-8-14(17)13(15)10-18-5-2/h6,8-9,12,18H,4-5,7,10-11H2,1-3H3,(H,19,20). The van der Waals surface area contributed by atoms with Gasteiger partial charge in [-0.05, 0) is 32.0 Å². The minimum absolute atomic E-state index is 0.00746. The van der Waals surface area contributed by atoms with Gasteiger partial charge in [0.25, 0.3) is 5.91 Å². The summed E-state index contributed by atoms with van der Waals surface area (Å²) in [6.45, 7) is 7.60. The zero-order chi connectivity index (χ0) is 15.7. The van der Waals surface area contributed by atoms with Crippen LogP contribution in [-0.2, 0) is 11.3 Å². The number of carbonyl (C=O) groups excluding carboxylic acids is 1. The van der Waals surface area contributed by atoms with Gasteiger partial charge < -0.3 is 15.4 Å². The van der Waals surface area contributed by atoms with E-state index in [1.54, 1.807) is 0 Å². The first kappa shape index (κ1) is 17.8. The van der Waals surface area contributed by atoms with E-state index >= 15 is 0 Å². The molecule has 21 heavy (non-hydrogen) atoms. The average Bonchev–Trinajstić information content (AvgIpc) is 2.44. The molecule has 4 nitrogen and oxygen atoms in total. The van der Waals surface area contributed by atoms with Gasteiger partial charge in [0.2, 0.25) is 0 Å². The Morgan fingerprint density at radius 1 is 1.38 bits per heavy atom. The average molecular weight is 313 g/mol. The second kappa shape index (κ2) is 9.64. The molecule has 1 aromatic carbocycles. The second-order valence-electron chi connectivity index (χ2n) is 5.04. The fourth-order valence-corrected chi connectivity index (χ4v) is 2.29. The van der Waals surface area contributed by atoms with E-state index in [0.717, 1.165) is 24.9 Å². The molecule has 0 radical (unpaired) electrons. The molecule has 0 bridgehead atoms. The Bertz CT molecular complexity index is 452. The molecule has 2 N–H and O–H groups in total. The summed E-state index contributed by atoms with van der Waals surface area (Å²) in [6.07, 6.45) is 2.01. The highest BCUT2D eigenvalue weighted by Gasteiger charge is 2.11. The first-order valence-electron chi connectivity index (χ1n) is 7.48. The number of hydrogen-bond donors (Lipinski definition) is 2. The van der Waals surface area contributed by atoms with Gasteiger partial charge in [-0.1, -0.05) is 37.9 Å². The Labute approximate surface area is 132 Å². The SMILES string of the molecule is CCCC(C)NC(=O)COc1cccc(Cl)c1CNCC. The van der Waals surface area contributed by atoms with E-state index in [1.807, 2.05) is 32.0 Å². The summed E-state index contributed by atoms with van der Waals surface area (Å²) in [4.78, 5) is 11.8. The monoisotopic (exact) mass is 312 g/mol. The topological polar surface area (TPSA) is 50.4 Å². The zero-order valence-electron chi connectivity index (χ0n) is 13.0. The van der Waals surface area contributed by atoms with Crippen molar-refractivity contribution in [3.05, 3.63) is 28.8 Å². The summed E-state index contributed by atoms with van der Waals surface area (Å²) in [7, 11) is 0. The third-order valence-corrected chi connectivity index (χ3v) is 3.47. The van der Waals surface area contributed by atoms with Crippen LogP contribution in [0.1, 0.15) is 39.2 Å². The molecule has 1 atom stereocenters. The minimum Gasteiger partial charge on any atom is -0.483 e. The molecule has 1 unspecified atom stereocenters. The number of nitrogens with one attached hydrogen (secondary N) is 2. The first-order chi connectivity index (χ1) is 10.1. The van der Waals surface area contributed by atoms with Crippen molar-refractivity contribution in [3.8, 4) is 5.75 Å². The Balaban J connectivity index is 2.58. The Morgan fingerprint density at radius 2 is 2.14 bits per heavy atom. The van der Waals surface area contributed by atoms with Gasteiger partial charge in [-0.15, -0.1) is 0 Å². The van der Waals surface area contributed by atoms with Gasteiger partial charge in [-0.3, -0.25) is 4.79 Å². The van der Waals surface area contributed by atoms with Gasteiger partial charge in [0.15, 0.2) is 6.61 Å². The quantitative estimate of drug-likeness (QED) is 0.736. The molecule has 1 aromatic rings. The normalized spacial score (nSPS) is 12.0. The fraction of sp³-hybridized carbons (Fsp3) is 0.562. The number of amides is 1. The predicted octanol–water partition coefficient (Wildman–Crippen LogP) is 3.13. The summed E-state index contributed by atoms with van der Waals surface area (Å²) in [5.41, 5.74) is 0.885. The lowest BCUT2D eigenvalue weighted by Gasteiger charge is -2.15. The molecule has 0 aromatic heterocycles. The molecule has 118 valence electrons. The Hall–Kier alpha value is -1.26. The summed E-state index contributed by atoms with van der Waals surface area (Å²) >= 11 is 6.19. The van der Waals surface area contributed by atoms with Crippen LogP contribution in [0.15, 0.2) is 18.2 Å². The summed E-state index contributed by atoms with van der Waals surface area (Å²) in [5, 5.41) is 6.78. The third kappa shape index (κ3) is 6.36. The Kier molecular flexibility index (Phi) is 8.16. The van der Waals surface area contributed by atoms with Crippen LogP contribution >= 0.6 is 11.6 Å². The van der Waals surface area contributed by atoms with Crippen molar-refractivity contribution in [1.29, 1.82) is 0 Å². The van der Waals surface area contributed by atoms with Crippen molar-refractivity contribution in [2.24, 2.45) is 0 Å². The van der Waals surface area contributed by atoms with Crippen molar-refractivity contribution in [2.75, 3.05) is 13.2 Å². The van der Waals surface area contributed by atoms with E-state index < -0.39 is 0 Å². The summed E-state index contributed by atoms with van der Waals surface area (Å²) < 4.78 is 5.62. The fourth-order valence-electron chi connectivity index (χ4n) is 2.06. The molecule has 0 spiro atoms. The van der Waals surface area contributed by atoms with Gasteiger partial charge in [0.1, 0.15) is 5.75 Å². The van der Waals surface area contributed by atoms with Crippen LogP contribution in [0.2, 0.25) is 5.02 Å². The van der Waals surface area contributed by atoms with E-state index in [2.05, 4.69) is 17.6 Å². The molecule has 0 aliphatic rings. The van der Waals surface area contributed by atoms with Crippen LogP contribution in [0.25, 0.3) is 0 Å². The van der Waals surface area contributed by atoms with Gasteiger partial charge in [0.05, 0.1) is 0 Å². The van der Waals surface area contributed by atoms with Gasteiger partial charge in [-0.25, -0.2) is 0 Å². The molecule has 0 saturated heterocycles. The van der Waals surface area contributed by atoms with Crippen molar-refractivity contribution in [3.63, 3.8) is 0 Å². The number of carbonyl (C=O) groups is 1. The van der Waals surface area contributed by atoms with Crippen molar-refractivity contribution in [2.45, 2.75) is 46.2 Å². The smallest absolute Gasteiger partial charge is 0.258 e. The number of ether oxygens (including phenoxy) is 1.